The molecule has 0 bridgehead atoms. The summed E-state index contributed by atoms with van der Waals surface area (Å²) in [5, 5.41) is 9.77. The monoisotopic (exact) mass is 268 g/mol. The van der Waals surface area contributed by atoms with Crippen molar-refractivity contribution in [1.29, 1.82) is 5.41 Å². The summed E-state index contributed by atoms with van der Waals surface area (Å²) in [6, 6.07) is 0. The number of hydrogen-bond acceptors (Lipinski definition) is 4. The maximum absolute atomic E-state index is 8.74. The van der Waals surface area contributed by atoms with Gasteiger partial charge < -0.3 is 16.0 Å². The van der Waals surface area contributed by atoms with Gasteiger partial charge in [0.15, 0.2) is 5.96 Å². The lowest BCUT2D eigenvalue weighted by Gasteiger charge is -2.26. The van der Waals surface area contributed by atoms with Crippen LogP contribution in [0.4, 0.5) is 0 Å². The minimum atomic E-state index is -4.67. The number of piperidine rings is 1. The zero-order chi connectivity index (χ0) is 13.3. The second-order valence-corrected chi connectivity index (χ2v) is 4.59. The van der Waals surface area contributed by atoms with E-state index < -0.39 is 10.4 Å². The van der Waals surface area contributed by atoms with E-state index in [1.54, 1.807) is 0 Å². The van der Waals surface area contributed by atoms with E-state index in [1.165, 1.54) is 32.4 Å². The van der Waals surface area contributed by atoms with E-state index in [0.717, 1.165) is 13.1 Å². The molecule has 0 unspecified atom stereocenters. The molecule has 1 rings (SSSR count). The van der Waals surface area contributed by atoms with Crippen molar-refractivity contribution in [2.45, 2.75) is 19.3 Å². The summed E-state index contributed by atoms with van der Waals surface area (Å²) >= 11 is 0. The molecule has 6 N–H and O–H groups in total. The molecule has 17 heavy (non-hydrogen) atoms. The van der Waals surface area contributed by atoms with Crippen LogP contribution in [0.3, 0.4) is 0 Å². The van der Waals surface area contributed by atoms with Gasteiger partial charge in [0.25, 0.3) is 0 Å². The highest BCUT2D eigenvalue weighted by Crippen LogP contribution is 2.06. The molecule has 1 aliphatic heterocycles. The fraction of sp³-hybridized carbons (Fsp3) is 0.875. The lowest BCUT2D eigenvalue weighted by Crippen LogP contribution is -2.39. The van der Waals surface area contributed by atoms with Crippen molar-refractivity contribution in [3.63, 3.8) is 0 Å². The Kier molecular flexibility index (Phi) is 7.79. The molecule has 102 valence electrons. The Morgan fingerprint density at radius 3 is 2.18 bits per heavy atom. The molecule has 1 heterocycles. The van der Waals surface area contributed by atoms with Crippen molar-refractivity contribution < 1.29 is 17.5 Å². The summed E-state index contributed by atoms with van der Waals surface area (Å²) in [7, 11) is -4.67. The van der Waals surface area contributed by atoms with Crippen molar-refractivity contribution in [2.24, 2.45) is 5.73 Å². The van der Waals surface area contributed by atoms with E-state index in [9.17, 15) is 0 Å². The molecule has 0 saturated carbocycles. The number of hydrogen-bond donors (Lipinski definition) is 5. The van der Waals surface area contributed by atoms with Crippen LogP contribution in [0.2, 0.25) is 0 Å². The first kappa shape index (κ1) is 16.1. The highest BCUT2D eigenvalue weighted by atomic mass is 32.3. The number of nitrogens with two attached hydrogens (primary N) is 1. The van der Waals surface area contributed by atoms with Crippen molar-refractivity contribution in [2.75, 3.05) is 26.2 Å². The standard InChI is InChI=1S/C8H18N4.H2O4S/c9-8(10)11-4-7-12-5-2-1-3-6-12;1-5(2,3)4/h1-7H2,(H4,9,10,11);(H2,1,2,3,4). The summed E-state index contributed by atoms with van der Waals surface area (Å²) < 4.78 is 31.6. The molecule has 0 aliphatic carbocycles. The average molecular weight is 268 g/mol. The Labute approximate surface area is 101 Å². The molecule has 0 amide bonds. The van der Waals surface area contributed by atoms with Gasteiger partial charge in [-0.05, 0) is 25.9 Å². The number of nitrogens with one attached hydrogen (secondary N) is 2. The van der Waals surface area contributed by atoms with Gasteiger partial charge in [0.2, 0.25) is 0 Å². The van der Waals surface area contributed by atoms with Gasteiger partial charge in [-0.3, -0.25) is 14.5 Å². The third-order valence-corrected chi connectivity index (χ3v) is 2.19. The molecule has 0 spiro atoms. The highest BCUT2D eigenvalue weighted by molar-refractivity contribution is 7.79. The maximum Gasteiger partial charge on any atom is 0.394 e. The van der Waals surface area contributed by atoms with Crippen molar-refractivity contribution in [1.82, 2.24) is 10.2 Å². The first-order chi connectivity index (χ1) is 7.79. The van der Waals surface area contributed by atoms with Crippen LogP contribution in [0.25, 0.3) is 0 Å². The smallest absolute Gasteiger partial charge is 0.370 e. The molecule has 0 atom stereocenters. The predicted molar refractivity (Wildman–Crippen MR) is 64.4 cm³/mol. The van der Waals surface area contributed by atoms with Gasteiger partial charge in [0, 0.05) is 13.1 Å². The first-order valence-electron chi connectivity index (χ1n) is 5.29. The molecule has 9 heteroatoms. The van der Waals surface area contributed by atoms with Crippen LogP contribution in [-0.2, 0) is 10.4 Å². The van der Waals surface area contributed by atoms with E-state index in [2.05, 4.69) is 10.2 Å². The highest BCUT2D eigenvalue weighted by Gasteiger charge is 2.08. The minimum Gasteiger partial charge on any atom is -0.370 e. The van der Waals surface area contributed by atoms with Gasteiger partial charge in [-0.1, -0.05) is 6.42 Å². The summed E-state index contributed by atoms with van der Waals surface area (Å²) in [5.74, 6) is 0.0759. The second-order valence-electron chi connectivity index (χ2n) is 3.69. The van der Waals surface area contributed by atoms with Crippen molar-refractivity contribution in [3.8, 4) is 0 Å². The molecular weight excluding hydrogens is 248 g/mol. The SMILES string of the molecule is N=C(N)NCCN1CCCCC1.O=S(=O)(O)O. The average Bonchev–Trinajstić information content (AvgIpc) is 2.16. The third kappa shape index (κ3) is 15.1. The lowest BCUT2D eigenvalue weighted by molar-refractivity contribution is 0.232. The fourth-order valence-corrected chi connectivity index (χ4v) is 1.53. The first-order valence-corrected chi connectivity index (χ1v) is 6.69. The molecule has 1 saturated heterocycles. The molecule has 1 fully saturated rings. The number of likely N-dealkylation sites (tertiary alicyclic amines) is 1. The Morgan fingerprint density at radius 2 is 1.76 bits per heavy atom. The normalized spacial score (nSPS) is 16.8. The molecule has 0 aromatic carbocycles. The van der Waals surface area contributed by atoms with Crippen LogP contribution in [0.1, 0.15) is 19.3 Å². The Morgan fingerprint density at radius 1 is 1.29 bits per heavy atom. The van der Waals surface area contributed by atoms with Crippen LogP contribution >= 0.6 is 0 Å². The lowest BCUT2D eigenvalue weighted by atomic mass is 10.1. The van der Waals surface area contributed by atoms with Crippen LogP contribution < -0.4 is 11.1 Å². The van der Waals surface area contributed by atoms with E-state index in [4.69, 9.17) is 28.7 Å². The van der Waals surface area contributed by atoms with E-state index in [-0.39, 0.29) is 5.96 Å². The number of rotatable bonds is 3. The van der Waals surface area contributed by atoms with Gasteiger partial charge in [-0.25, -0.2) is 0 Å². The Balaban J connectivity index is 0.000000437. The quantitative estimate of drug-likeness (QED) is 0.259. The molecule has 0 radical (unpaired) electrons. The topological polar surface area (TPSA) is 140 Å². The van der Waals surface area contributed by atoms with Crippen LogP contribution in [0.5, 0.6) is 0 Å². The molecular formula is C8H20N4O4S. The third-order valence-electron chi connectivity index (χ3n) is 2.19. The minimum absolute atomic E-state index is 0.0759. The zero-order valence-electron chi connectivity index (χ0n) is 9.59. The molecule has 8 nitrogen and oxygen atoms in total. The summed E-state index contributed by atoms with van der Waals surface area (Å²) in [6.45, 7) is 4.23. The van der Waals surface area contributed by atoms with Crippen LogP contribution in [0, 0.1) is 5.41 Å². The van der Waals surface area contributed by atoms with Gasteiger partial charge in [-0.15, -0.1) is 0 Å². The largest absolute Gasteiger partial charge is 0.394 e. The summed E-state index contributed by atoms with van der Waals surface area (Å²) in [6.07, 6.45) is 4.01. The fourth-order valence-electron chi connectivity index (χ4n) is 1.53. The van der Waals surface area contributed by atoms with Crippen molar-refractivity contribution >= 4 is 16.4 Å². The molecule has 0 aromatic heterocycles. The van der Waals surface area contributed by atoms with Crippen molar-refractivity contribution in [3.05, 3.63) is 0 Å². The zero-order valence-corrected chi connectivity index (χ0v) is 10.4. The molecule has 1 aliphatic rings. The Hall–Kier alpha value is -0.900. The van der Waals surface area contributed by atoms with Crippen LogP contribution in [0.15, 0.2) is 0 Å². The van der Waals surface area contributed by atoms with Gasteiger partial charge in [0.05, 0.1) is 0 Å². The summed E-state index contributed by atoms with van der Waals surface area (Å²) in [4.78, 5) is 2.42. The van der Waals surface area contributed by atoms with Gasteiger partial charge in [-0.2, -0.15) is 8.42 Å². The maximum atomic E-state index is 8.74. The number of guanidine groups is 1. The van der Waals surface area contributed by atoms with Gasteiger partial charge in [0.1, 0.15) is 0 Å². The predicted octanol–water partition coefficient (Wildman–Crippen LogP) is -0.697. The molecule has 0 aromatic rings. The van der Waals surface area contributed by atoms with E-state index in [0.29, 0.717) is 0 Å². The van der Waals surface area contributed by atoms with Gasteiger partial charge >= 0.3 is 10.4 Å². The van der Waals surface area contributed by atoms with E-state index in [1.807, 2.05) is 0 Å². The number of nitrogens with zero attached hydrogens (tertiary/aromatic N) is 1. The summed E-state index contributed by atoms with van der Waals surface area (Å²) in [5.41, 5.74) is 5.16. The van der Waals surface area contributed by atoms with E-state index >= 15 is 0 Å². The Bertz CT molecular complexity index is 305. The second kappa shape index (κ2) is 8.23. The van der Waals surface area contributed by atoms with Crippen LogP contribution in [-0.4, -0.2) is 54.6 Å².